The summed E-state index contributed by atoms with van der Waals surface area (Å²) in [6.45, 7) is 1.49. The van der Waals surface area contributed by atoms with E-state index < -0.39 is 5.97 Å². The van der Waals surface area contributed by atoms with Gasteiger partial charge in [0.2, 0.25) is 0 Å². The number of aliphatic carboxylic acids is 1. The lowest BCUT2D eigenvalue weighted by Gasteiger charge is -2.26. The minimum absolute atomic E-state index is 0.186. The SMILES string of the molecule is O=C(O)CC1(c2ccccc2OC2CCOCC2)CC1. The van der Waals surface area contributed by atoms with Gasteiger partial charge in [-0.05, 0) is 18.9 Å². The summed E-state index contributed by atoms with van der Waals surface area (Å²) in [5.74, 6) is 0.126. The Labute approximate surface area is 118 Å². The molecule has 1 aromatic carbocycles. The Balaban J connectivity index is 1.79. The Morgan fingerprint density at radius 3 is 2.65 bits per heavy atom. The van der Waals surface area contributed by atoms with Crippen molar-refractivity contribution in [2.75, 3.05) is 13.2 Å². The summed E-state index contributed by atoms with van der Waals surface area (Å²) in [7, 11) is 0. The van der Waals surface area contributed by atoms with E-state index in [0.29, 0.717) is 0 Å². The molecule has 4 nitrogen and oxygen atoms in total. The number of hydrogen-bond acceptors (Lipinski definition) is 3. The van der Waals surface area contributed by atoms with Crippen LogP contribution in [0.3, 0.4) is 0 Å². The summed E-state index contributed by atoms with van der Waals surface area (Å²) in [5.41, 5.74) is 0.863. The quantitative estimate of drug-likeness (QED) is 0.898. The molecule has 2 fully saturated rings. The molecule has 0 atom stereocenters. The van der Waals surface area contributed by atoms with Crippen molar-refractivity contribution in [3.8, 4) is 5.75 Å². The number of hydrogen-bond donors (Lipinski definition) is 1. The van der Waals surface area contributed by atoms with Crippen molar-refractivity contribution in [1.82, 2.24) is 0 Å². The molecule has 0 spiro atoms. The van der Waals surface area contributed by atoms with Gasteiger partial charge in [-0.15, -0.1) is 0 Å². The molecule has 3 rings (SSSR count). The predicted molar refractivity (Wildman–Crippen MR) is 74.1 cm³/mol. The molecule has 2 aliphatic rings. The van der Waals surface area contributed by atoms with Gasteiger partial charge in [-0.2, -0.15) is 0 Å². The highest BCUT2D eigenvalue weighted by atomic mass is 16.5. The molecule has 4 heteroatoms. The molecule has 0 amide bonds. The van der Waals surface area contributed by atoms with Crippen molar-refractivity contribution in [2.24, 2.45) is 0 Å². The molecule has 1 aliphatic heterocycles. The third kappa shape index (κ3) is 2.80. The van der Waals surface area contributed by atoms with Gasteiger partial charge in [0.25, 0.3) is 0 Å². The second-order valence-electron chi connectivity index (χ2n) is 5.78. The van der Waals surface area contributed by atoms with E-state index in [0.717, 1.165) is 50.2 Å². The molecular formula is C16H20O4. The molecule has 20 heavy (non-hydrogen) atoms. The molecule has 1 aromatic rings. The number of benzene rings is 1. The third-order valence-electron chi connectivity index (χ3n) is 4.26. The van der Waals surface area contributed by atoms with Gasteiger partial charge >= 0.3 is 5.97 Å². The summed E-state index contributed by atoms with van der Waals surface area (Å²) in [6.07, 6.45) is 4.06. The monoisotopic (exact) mass is 276 g/mol. The Bertz CT molecular complexity index is 487. The van der Waals surface area contributed by atoms with Crippen LogP contribution in [-0.4, -0.2) is 30.4 Å². The predicted octanol–water partition coefficient (Wildman–Crippen LogP) is 2.75. The van der Waals surface area contributed by atoms with Gasteiger partial charge in [0, 0.05) is 23.8 Å². The number of carbonyl (C=O) groups is 1. The summed E-state index contributed by atoms with van der Waals surface area (Å²) >= 11 is 0. The van der Waals surface area contributed by atoms with E-state index in [9.17, 15) is 4.79 Å². The minimum Gasteiger partial charge on any atom is -0.490 e. The highest BCUT2D eigenvalue weighted by Crippen LogP contribution is 2.54. The lowest BCUT2D eigenvalue weighted by atomic mass is 9.91. The molecule has 108 valence electrons. The van der Waals surface area contributed by atoms with Crippen LogP contribution in [0.1, 0.15) is 37.7 Å². The van der Waals surface area contributed by atoms with Gasteiger partial charge < -0.3 is 14.6 Å². The van der Waals surface area contributed by atoms with Crippen LogP contribution in [-0.2, 0) is 14.9 Å². The summed E-state index contributed by atoms with van der Waals surface area (Å²) in [4.78, 5) is 11.1. The van der Waals surface area contributed by atoms with Crippen LogP contribution >= 0.6 is 0 Å². The maximum absolute atomic E-state index is 11.1. The second kappa shape index (κ2) is 5.44. The van der Waals surface area contributed by atoms with E-state index in [2.05, 4.69) is 0 Å². The first-order chi connectivity index (χ1) is 9.70. The van der Waals surface area contributed by atoms with Gasteiger partial charge in [0.05, 0.1) is 19.6 Å². The van der Waals surface area contributed by atoms with Crippen molar-refractivity contribution < 1.29 is 19.4 Å². The number of ether oxygens (including phenoxy) is 2. The van der Waals surface area contributed by atoms with Crippen molar-refractivity contribution in [3.63, 3.8) is 0 Å². The van der Waals surface area contributed by atoms with E-state index in [1.807, 2.05) is 24.3 Å². The zero-order chi connectivity index (χ0) is 14.0. The Morgan fingerprint density at radius 2 is 2.00 bits per heavy atom. The maximum Gasteiger partial charge on any atom is 0.304 e. The fraction of sp³-hybridized carbons (Fsp3) is 0.562. The second-order valence-corrected chi connectivity index (χ2v) is 5.78. The van der Waals surface area contributed by atoms with Gasteiger partial charge in [-0.1, -0.05) is 18.2 Å². The highest BCUT2D eigenvalue weighted by molar-refractivity contribution is 5.70. The van der Waals surface area contributed by atoms with Crippen LogP contribution in [0.25, 0.3) is 0 Å². The molecule has 0 radical (unpaired) electrons. The van der Waals surface area contributed by atoms with Crippen LogP contribution in [0.15, 0.2) is 24.3 Å². The maximum atomic E-state index is 11.1. The van der Waals surface area contributed by atoms with E-state index >= 15 is 0 Å². The minimum atomic E-state index is -0.733. The van der Waals surface area contributed by atoms with E-state index in [1.165, 1.54) is 0 Å². The van der Waals surface area contributed by atoms with Crippen molar-refractivity contribution in [3.05, 3.63) is 29.8 Å². The summed E-state index contributed by atoms with van der Waals surface area (Å²) in [6, 6.07) is 7.90. The molecular weight excluding hydrogens is 256 g/mol. The standard InChI is InChI=1S/C16H20O4/c17-15(18)11-16(7-8-16)13-3-1-2-4-14(13)20-12-5-9-19-10-6-12/h1-4,12H,5-11H2,(H,17,18). The largest absolute Gasteiger partial charge is 0.490 e. The number of carboxylic acids is 1. The molecule has 0 aromatic heterocycles. The van der Waals surface area contributed by atoms with Crippen LogP contribution in [0.2, 0.25) is 0 Å². The average Bonchev–Trinajstić information content (AvgIpc) is 3.20. The Hall–Kier alpha value is -1.55. The van der Waals surface area contributed by atoms with Crippen molar-refractivity contribution >= 4 is 5.97 Å². The lowest BCUT2D eigenvalue weighted by Crippen LogP contribution is -2.27. The Morgan fingerprint density at radius 1 is 1.30 bits per heavy atom. The topological polar surface area (TPSA) is 55.8 Å². The molecule has 1 saturated carbocycles. The first-order valence-corrected chi connectivity index (χ1v) is 7.25. The van der Waals surface area contributed by atoms with Crippen LogP contribution in [0.4, 0.5) is 0 Å². The van der Waals surface area contributed by atoms with E-state index in [-0.39, 0.29) is 17.9 Å². The van der Waals surface area contributed by atoms with Crippen LogP contribution in [0.5, 0.6) is 5.75 Å². The number of carboxylic acid groups (broad SMARTS) is 1. The summed E-state index contributed by atoms with van der Waals surface area (Å²) in [5, 5.41) is 9.11. The molecule has 1 saturated heterocycles. The van der Waals surface area contributed by atoms with Gasteiger partial charge in [-0.3, -0.25) is 4.79 Å². The van der Waals surface area contributed by atoms with Gasteiger partial charge in [0.15, 0.2) is 0 Å². The lowest BCUT2D eigenvalue weighted by molar-refractivity contribution is -0.137. The fourth-order valence-corrected chi connectivity index (χ4v) is 2.96. The number of rotatable bonds is 5. The first-order valence-electron chi connectivity index (χ1n) is 7.25. The third-order valence-corrected chi connectivity index (χ3v) is 4.26. The normalized spacial score (nSPS) is 21.4. The zero-order valence-electron chi connectivity index (χ0n) is 11.5. The zero-order valence-corrected chi connectivity index (χ0v) is 11.5. The molecule has 1 heterocycles. The molecule has 1 N–H and O–H groups in total. The average molecular weight is 276 g/mol. The van der Waals surface area contributed by atoms with Crippen molar-refractivity contribution in [2.45, 2.75) is 43.6 Å². The smallest absolute Gasteiger partial charge is 0.304 e. The molecule has 0 bridgehead atoms. The van der Waals surface area contributed by atoms with E-state index in [4.69, 9.17) is 14.6 Å². The first kappa shape index (κ1) is 13.4. The van der Waals surface area contributed by atoms with Gasteiger partial charge in [0.1, 0.15) is 11.9 Å². The fourth-order valence-electron chi connectivity index (χ4n) is 2.96. The molecule has 0 unspecified atom stereocenters. The van der Waals surface area contributed by atoms with Gasteiger partial charge in [-0.25, -0.2) is 0 Å². The number of para-hydroxylation sites is 1. The highest BCUT2D eigenvalue weighted by Gasteiger charge is 2.47. The van der Waals surface area contributed by atoms with Crippen LogP contribution in [0, 0.1) is 0 Å². The van der Waals surface area contributed by atoms with Crippen LogP contribution < -0.4 is 4.74 Å². The van der Waals surface area contributed by atoms with E-state index in [1.54, 1.807) is 0 Å². The molecule has 1 aliphatic carbocycles. The summed E-state index contributed by atoms with van der Waals surface area (Å²) < 4.78 is 11.5. The Kier molecular flexibility index (Phi) is 3.66. The van der Waals surface area contributed by atoms with Crippen molar-refractivity contribution in [1.29, 1.82) is 0 Å².